The number of carbonyl (C=O) groups excluding carboxylic acids is 1. The van der Waals surface area contributed by atoms with E-state index >= 15 is 0 Å². The van der Waals surface area contributed by atoms with Crippen LogP contribution >= 0.6 is 0 Å². The van der Waals surface area contributed by atoms with Crippen molar-refractivity contribution >= 4 is 23.1 Å². The fraction of sp³-hybridized carbons (Fsp3) is 0.467. The molecule has 5 nitrogen and oxygen atoms in total. The van der Waals surface area contributed by atoms with Crippen molar-refractivity contribution < 1.29 is 4.79 Å². The van der Waals surface area contributed by atoms with Gasteiger partial charge in [-0.25, -0.2) is 4.99 Å². The Kier molecular flexibility index (Phi) is 5.70. The van der Waals surface area contributed by atoms with Crippen LogP contribution in [0.3, 0.4) is 0 Å². The van der Waals surface area contributed by atoms with E-state index in [-0.39, 0.29) is 11.8 Å². The molecule has 0 saturated carbocycles. The Bertz CT molecular complexity index is 477. The van der Waals surface area contributed by atoms with Gasteiger partial charge in [-0.15, -0.1) is 0 Å². The number of benzene rings is 1. The van der Waals surface area contributed by atoms with Crippen molar-refractivity contribution in [2.75, 3.05) is 19.4 Å². The Morgan fingerprint density at radius 3 is 2.25 bits per heavy atom. The lowest BCUT2D eigenvalue weighted by Gasteiger charge is -2.15. The van der Waals surface area contributed by atoms with Crippen molar-refractivity contribution in [3.8, 4) is 0 Å². The van der Waals surface area contributed by atoms with Crippen molar-refractivity contribution in [3.63, 3.8) is 0 Å². The molecule has 0 radical (unpaired) electrons. The first-order valence-corrected chi connectivity index (χ1v) is 6.70. The number of amides is 1. The molecule has 0 bridgehead atoms. The van der Waals surface area contributed by atoms with E-state index in [0.29, 0.717) is 0 Å². The van der Waals surface area contributed by atoms with Crippen molar-refractivity contribution in [3.05, 3.63) is 24.3 Å². The average Bonchev–Trinajstić information content (AvgIpc) is 2.39. The highest BCUT2D eigenvalue weighted by Gasteiger charge is 2.16. The average molecular weight is 276 g/mol. The number of aliphatic imine (C=N–C) groups is 1. The lowest BCUT2D eigenvalue weighted by atomic mass is 10.0. The van der Waals surface area contributed by atoms with Gasteiger partial charge < -0.3 is 16.0 Å². The molecule has 110 valence electrons. The largest absolute Gasteiger partial charge is 0.366 e. The molecule has 0 aliphatic heterocycles. The quantitative estimate of drug-likeness (QED) is 0.654. The number of nitrogens with zero attached hydrogens (tertiary/aromatic N) is 2. The van der Waals surface area contributed by atoms with Gasteiger partial charge in [-0.05, 0) is 37.1 Å². The number of hydrogen-bond donors (Lipinski definition) is 2. The second-order valence-corrected chi connectivity index (χ2v) is 5.36. The van der Waals surface area contributed by atoms with Gasteiger partial charge in [0.15, 0.2) is 0 Å². The third kappa shape index (κ3) is 4.66. The molecule has 1 unspecified atom stereocenters. The summed E-state index contributed by atoms with van der Waals surface area (Å²) in [7, 11) is 3.89. The molecule has 1 aromatic rings. The summed E-state index contributed by atoms with van der Waals surface area (Å²) in [6, 6.07) is 6.88. The van der Waals surface area contributed by atoms with Crippen LogP contribution in [0.2, 0.25) is 0 Å². The fourth-order valence-electron chi connectivity index (χ4n) is 1.43. The molecule has 0 aliphatic carbocycles. The van der Waals surface area contributed by atoms with E-state index in [1.54, 1.807) is 0 Å². The van der Waals surface area contributed by atoms with Crippen molar-refractivity contribution in [2.45, 2.75) is 26.8 Å². The summed E-state index contributed by atoms with van der Waals surface area (Å²) in [5, 5.41) is 2.80. The molecule has 1 rings (SSSR count). The van der Waals surface area contributed by atoms with Crippen LogP contribution in [0.15, 0.2) is 29.3 Å². The standard InChI is InChI=1S/C15H24N4O/c1-10(2)14(16)15(20)18-13-8-6-12(7-9-13)17-11(3)19(4)5/h6-10,14H,16H2,1-5H3,(H,18,20). The van der Waals surface area contributed by atoms with Gasteiger partial charge in [-0.2, -0.15) is 0 Å². The molecule has 0 saturated heterocycles. The predicted molar refractivity (Wildman–Crippen MR) is 84.3 cm³/mol. The minimum Gasteiger partial charge on any atom is -0.366 e. The maximum atomic E-state index is 11.8. The summed E-state index contributed by atoms with van der Waals surface area (Å²) in [6.45, 7) is 5.79. The molecule has 0 spiro atoms. The first-order valence-electron chi connectivity index (χ1n) is 6.70. The Morgan fingerprint density at radius 1 is 1.25 bits per heavy atom. The molecule has 0 heterocycles. The third-order valence-corrected chi connectivity index (χ3v) is 3.09. The van der Waals surface area contributed by atoms with Crippen LogP contribution in [-0.2, 0) is 4.79 Å². The molecule has 0 aliphatic rings. The Labute approximate surface area is 120 Å². The molecule has 0 aromatic heterocycles. The predicted octanol–water partition coefficient (Wildman–Crippen LogP) is 2.22. The second kappa shape index (κ2) is 7.05. The number of nitrogens with two attached hydrogens (primary N) is 1. The van der Waals surface area contributed by atoms with E-state index in [0.717, 1.165) is 17.2 Å². The van der Waals surface area contributed by atoms with Crippen LogP contribution in [0.25, 0.3) is 0 Å². The van der Waals surface area contributed by atoms with Crippen LogP contribution in [0.1, 0.15) is 20.8 Å². The number of hydrogen-bond acceptors (Lipinski definition) is 3. The van der Waals surface area contributed by atoms with Gasteiger partial charge in [-0.1, -0.05) is 13.8 Å². The smallest absolute Gasteiger partial charge is 0.241 e. The van der Waals surface area contributed by atoms with E-state index in [1.165, 1.54) is 0 Å². The van der Waals surface area contributed by atoms with Crippen LogP contribution in [0.4, 0.5) is 11.4 Å². The van der Waals surface area contributed by atoms with Crippen LogP contribution in [0.5, 0.6) is 0 Å². The summed E-state index contributed by atoms with van der Waals surface area (Å²) < 4.78 is 0. The highest BCUT2D eigenvalue weighted by atomic mass is 16.2. The van der Waals surface area contributed by atoms with Gasteiger partial charge in [0.05, 0.1) is 11.7 Å². The number of rotatable bonds is 4. The summed E-state index contributed by atoms with van der Waals surface area (Å²) >= 11 is 0. The Morgan fingerprint density at radius 2 is 1.80 bits per heavy atom. The van der Waals surface area contributed by atoms with Crippen LogP contribution < -0.4 is 11.1 Å². The first kappa shape index (κ1) is 16.2. The van der Waals surface area contributed by atoms with Gasteiger partial charge in [0.25, 0.3) is 0 Å². The molecule has 20 heavy (non-hydrogen) atoms. The molecular weight excluding hydrogens is 252 g/mol. The molecular formula is C15H24N4O. The number of carbonyl (C=O) groups is 1. The second-order valence-electron chi connectivity index (χ2n) is 5.36. The Hall–Kier alpha value is -1.88. The molecule has 1 atom stereocenters. The number of anilines is 1. The monoisotopic (exact) mass is 276 g/mol. The van der Waals surface area contributed by atoms with Gasteiger partial charge in [0.1, 0.15) is 5.84 Å². The number of nitrogens with one attached hydrogen (secondary N) is 1. The zero-order valence-corrected chi connectivity index (χ0v) is 12.8. The van der Waals surface area contributed by atoms with Gasteiger partial charge in [-0.3, -0.25) is 4.79 Å². The van der Waals surface area contributed by atoms with Gasteiger partial charge in [0.2, 0.25) is 5.91 Å². The molecule has 1 amide bonds. The summed E-state index contributed by atoms with van der Waals surface area (Å²) in [4.78, 5) is 18.2. The summed E-state index contributed by atoms with van der Waals surface area (Å²) in [5.41, 5.74) is 7.38. The molecule has 0 fully saturated rings. The van der Waals surface area contributed by atoms with Gasteiger partial charge >= 0.3 is 0 Å². The lowest BCUT2D eigenvalue weighted by Crippen LogP contribution is -2.39. The maximum absolute atomic E-state index is 11.8. The topological polar surface area (TPSA) is 70.7 Å². The van der Waals surface area contributed by atoms with E-state index in [1.807, 2.05) is 64.0 Å². The summed E-state index contributed by atoms with van der Waals surface area (Å²) in [6.07, 6.45) is 0. The number of amidine groups is 1. The Balaban J connectivity index is 2.73. The highest BCUT2D eigenvalue weighted by Crippen LogP contribution is 2.17. The van der Waals surface area contributed by atoms with Crippen LogP contribution in [-0.4, -0.2) is 36.8 Å². The molecule has 5 heteroatoms. The molecule has 3 N–H and O–H groups in total. The summed E-state index contributed by atoms with van der Waals surface area (Å²) in [5.74, 6) is 0.867. The highest BCUT2D eigenvalue weighted by molar-refractivity contribution is 5.95. The van der Waals surface area contributed by atoms with E-state index in [4.69, 9.17) is 5.73 Å². The normalized spacial score (nSPS) is 13.2. The van der Waals surface area contributed by atoms with E-state index < -0.39 is 6.04 Å². The minimum atomic E-state index is -0.497. The zero-order chi connectivity index (χ0) is 15.3. The lowest BCUT2D eigenvalue weighted by molar-refractivity contribution is -0.118. The SMILES string of the molecule is CC(=Nc1ccc(NC(=O)C(N)C(C)C)cc1)N(C)C. The van der Waals surface area contributed by atoms with E-state index in [9.17, 15) is 4.79 Å². The van der Waals surface area contributed by atoms with Crippen molar-refractivity contribution in [1.29, 1.82) is 0 Å². The first-order chi connectivity index (χ1) is 9.31. The molecule has 1 aromatic carbocycles. The third-order valence-electron chi connectivity index (χ3n) is 3.09. The van der Waals surface area contributed by atoms with E-state index in [2.05, 4.69) is 10.3 Å². The van der Waals surface area contributed by atoms with Crippen LogP contribution in [0, 0.1) is 5.92 Å². The zero-order valence-electron chi connectivity index (χ0n) is 12.8. The fourth-order valence-corrected chi connectivity index (χ4v) is 1.43. The minimum absolute atomic E-state index is 0.113. The van der Waals surface area contributed by atoms with Crippen molar-refractivity contribution in [2.24, 2.45) is 16.6 Å². The maximum Gasteiger partial charge on any atom is 0.241 e. The van der Waals surface area contributed by atoms with Gasteiger partial charge in [0, 0.05) is 19.8 Å². The van der Waals surface area contributed by atoms with Crippen molar-refractivity contribution in [1.82, 2.24) is 4.90 Å².